The van der Waals surface area contributed by atoms with Crippen LogP contribution in [0.3, 0.4) is 0 Å². The summed E-state index contributed by atoms with van der Waals surface area (Å²) in [6, 6.07) is 1.81. The van der Waals surface area contributed by atoms with Crippen LogP contribution in [0.2, 0.25) is 0 Å². The zero-order valence-corrected chi connectivity index (χ0v) is 16.6. The molecule has 138 valence electrons. The number of carbonyl (C=O) groups excluding carboxylic acids is 2. The van der Waals surface area contributed by atoms with Crippen LogP contribution >= 0.6 is 11.3 Å². The maximum absolute atomic E-state index is 12.4. The van der Waals surface area contributed by atoms with Gasteiger partial charge < -0.3 is 10.1 Å². The third-order valence-corrected chi connectivity index (χ3v) is 4.81. The van der Waals surface area contributed by atoms with Gasteiger partial charge in [-0.25, -0.2) is 4.79 Å². The van der Waals surface area contributed by atoms with Crippen LogP contribution < -0.4 is 5.32 Å². The molecule has 0 radical (unpaired) electrons. The van der Waals surface area contributed by atoms with E-state index in [1.807, 2.05) is 25.5 Å². The van der Waals surface area contributed by atoms with Gasteiger partial charge in [0, 0.05) is 18.5 Å². The summed E-state index contributed by atoms with van der Waals surface area (Å²) in [5.74, 6) is 0.0696. The minimum atomic E-state index is -0.815. The van der Waals surface area contributed by atoms with Crippen molar-refractivity contribution in [2.75, 3.05) is 6.54 Å². The van der Waals surface area contributed by atoms with E-state index in [1.54, 1.807) is 13.0 Å². The number of nitrogens with one attached hydrogen (secondary N) is 1. The molecule has 7 heteroatoms. The molecule has 0 aliphatic rings. The number of amides is 1. The molecule has 2 aromatic rings. The third kappa shape index (κ3) is 4.81. The Balaban J connectivity index is 2.10. The number of carbonyl (C=O) groups is 2. The summed E-state index contributed by atoms with van der Waals surface area (Å²) in [7, 11) is 0. The molecule has 1 amide bonds. The van der Waals surface area contributed by atoms with Gasteiger partial charge in [0.25, 0.3) is 5.91 Å². The summed E-state index contributed by atoms with van der Waals surface area (Å²) in [4.78, 5) is 25.8. The Morgan fingerprint density at radius 1 is 1.24 bits per heavy atom. The summed E-state index contributed by atoms with van der Waals surface area (Å²) in [5, 5.41) is 8.27. The average molecular weight is 365 g/mol. The van der Waals surface area contributed by atoms with E-state index in [0.29, 0.717) is 23.3 Å². The molecule has 0 saturated heterocycles. The molecule has 0 aliphatic carbocycles. The highest BCUT2D eigenvalue weighted by molar-refractivity contribution is 7.20. The van der Waals surface area contributed by atoms with Crippen molar-refractivity contribution >= 4 is 33.4 Å². The van der Waals surface area contributed by atoms with Gasteiger partial charge in [0.05, 0.1) is 5.69 Å². The number of fused-ring (bicyclic) bond motifs is 1. The lowest BCUT2D eigenvalue weighted by Crippen LogP contribution is -2.37. The highest BCUT2D eigenvalue weighted by Gasteiger charge is 2.22. The van der Waals surface area contributed by atoms with E-state index in [9.17, 15) is 9.59 Å². The second-order valence-corrected chi connectivity index (χ2v) is 8.21. The number of nitrogens with zero attached hydrogens (tertiary/aromatic N) is 2. The van der Waals surface area contributed by atoms with Crippen LogP contribution in [0.25, 0.3) is 10.2 Å². The van der Waals surface area contributed by atoms with E-state index in [1.165, 1.54) is 11.3 Å². The lowest BCUT2D eigenvalue weighted by molar-refractivity contribution is -0.129. The molecule has 1 N–H and O–H groups in total. The van der Waals surface area contributed by atoms with Crippen LogP contribution in [0, 0.1) is 18.8 Å². The number of rotatable bonds is 7. The largest absolute Gasteiger partial charge is 0.448 e. The summed E-state index contributed by atoms with van der Waals surface area (Å²) in [6.45, 7) is 13.2. The number of hydrogen-bond donors (Lipinski definition) is 1. The number of aromatic nitrogens is 2. The van der Waals surface area contributed by atoms with Crippen molar-refractivity contribution in [1.29, 1.82) is 0 Å². The van der Waals surface area contributed by atoms with Crippen molar-refractivity contribution in [3.63, 3.8) is 0 Å². The smallest absolute Gasteiger partial charge is 0.349 e. The van der Waals surface area contributed by atoms with Gasteiger partial charge in [0.1, 0.15) is 9.71 Å². The molecule has 25 heavy (non-hydrogen) atoms. The minimum absolute atomic E-state index is 0.273. The summed E-state index contributed by atoms with van der Waals surface area (Å²) >= 11 is 1.36. The normalized spacial score (nSPS) is 12.8. The Morgan fingerprint density at radius 2 is 1.92 bits per heavy atom. The fourth-order valence-electron chi connectivity index (χ4n) is 2.40. The Hall–Kier alpha value is -1.89. The van der Waals surface area contributed by atoms with Gasteiger partial charge in [-0.15, -0.1) is 11.3 Å². The van der Waals surface area contributed by atoms with Crippen molar-refractivity contribution in [2.45, 2.75) is 54.2 Å². The first-order valence-corrected chi connectivity index (χ1v) is 9.46. The maximum Gasteiger partial charge on any atom is 0.349 e. The van der Waals surface area contributed by atoms with E-state index >= 15 is 0 Å². The van der Waals surface area contributed by atoms with Crippen LogP contribution in [-0.4, -0.2) is 34.3 Å². The third-order valence-electron chi connectivity index (χ3n) is 3.68. The van der Waals surface area contributed by atoms with Crippen LogP contribution in [0.1, 0.15) is 50.0 Å². The molecular formula is C18H27N3O3S. The summed E-state index contributed by atoms with van der Waals surface area (Å²) in [6.07, 6.45) is -0.815. The molecule has 2 rings (SSSR count). The Kier molecular flexibility index (Phi) is 6.21. The molecule has 6 nitrogen and oxygen atoms in total. The molecule has 0 aromatic carbocycles. The number of thiophene rings is 1. The molecule has 0 aliphatic heterocycles. The van der Waals surface area contributed by atoms with Gasteiger partial charge in [-0.2, -0.15) is 5.10 Å². The maximum atomic E-state index is 12.4. The first-order valence-electron chi connectivity index (χ1n) is 8.64. The lowest BCUT2D eigenvalue weighted by Gasteiger charge is -2.14. The fourth-order valence-corrected chi connectivity index (χ4v) is 3.46. The van der Waals surface area contributed by atoms with E-state index < -0.39 is 12.1 Å². The molecule has 0 spiro atoms. The topological polar surface area (TPSA) is 73.2 Å². The molecule has 2 aromatic heterocycles. The van der Waals surface area contributed by atoms with E-state index in [4.69, 9.17) is 4.74 Å². The zero-order valence-electron chi connectivity index (χ0n) is 15.8. The Morgan fingerprint density at radius 3 is 2.52 bits per heavy atom. The van der Waals surface area contributed by atoms with Gasteiger partial charge in [-0.1, -0.05) is 27.7 Å². The average Bonchev–Trinajstić information content (AvgIpc) is 3.06. The predicted octanol–water partition coefficient (Wildman–Crippen LogP) is 3.38. The number of esters is 1. The molecule has 0 saturated carbocycles. The molecule has 2 heterocycles. The SMILES string of the molecule is Cc1nn(CC(C)C)c2sc(C(=O)O[C@H](C)C(=O)NCC(C)C)cc12. The van der Waals surface area contributed by atoms with Crippen LogP contribution in [0.15, 0.2) is 6.07 Å². The van der Waals surface area contributed by atoms with Crippen molar-refractivity contribution in [1.82, 2.24) is 15.1 Å². The summed E-state index contributed by atoms with van der Waals surface area (Å²) < 4.78 is 7.26. The van der Waals surface area contributed by atoms with E-state index in [0.717, 1.165) is 22.5 Å². The highest BCUT2D eigenvalue weighted by atomic mass is 32.1. The fraction of sp³-hybridized carbons (Fsp3) is 0.611. The molecule has 0 bridgehead atoms. The Bertz CT molecular complexity index is 761. The first-order chi connectivity index (χ1) is 11.7. The van der Waals surface area contributed by atoms with Gasteiger partial charge in [0.15, 0.2) is 6.10 Å². The first kappa shape index (κ1) is 19.4. The van der Waals surface area contributed by atoms with Crippen molar-refractivity contribution in [2.24, 2.45) is 11.8 Å². The number of hydrogen-bond acceptors (Lipinski definition) is 5. The second-order valence-electron chi connectivity index (χ2n) is 7.18. The minimum Gasteiger partial charge on any atom is -0.448 e. The van der Waals surface area contributed by atoms with Crippen LogP contribution in [0.5, 0.6) is 0 Å². The number of aryl methyl sites for hydroxylation is 1. The van der Waals surface area contributed by atoms with E-state index in [-0.39, 0.29) is 5.91 Å². The zero-order chi connectivity index (χ0) is 18.7. The quantitative estimate of drug-likeness (QED) is 0.764. The van der Waals surface area contributed by atoms with Crippen molar-refractivity contribution < 1.29 is 14.3 Å². The van der Waals surface area contributed by atoms with E-state index in [2.05, 4.69) is 24.3 Å². The van der Waals surface area contributed by atoms with Crippen LogP contribution in [-0.2, 0) is 16.1 Å². The second kappa shape index (κ2) is 7.99. The monoisotopic (exact) mass is 365 g/mol. The molecule has 1 atom stereocenters. The number of ether oxygens (including phenoxy) is 1. The van der Waals surface area contributed by atoms with Gasteiger partial charge in [0.2, 0.25) is 0 Å². The summed E-state index contributed by atoms with van der Waals surface area (Å²) in [5.41, 5.74) is 0.897. The van der Waals surface area contributed by atoms with Crippen molar-refractivity contribution in [3.8, 4) is 0 Å². The molecule has 0 fully saturated rings. The molecular weight excluding hydrogens is 338 g/mol. The standard InChI is InChI=1S/C18H27N3O3S/c1-10(2)8-19-16(22)13(6)24-18(23)15-7-14-12(5)20-21(9-11(3)4)17(14)25-15/h7,10-11,13H,8-9H2,1-6H3,(H,19,22)/t13-/m1/s1. The highest BCUT2D eigenvalue weighted by Crippen LogP contribution is 2.29. The van der Waals surface area contributed by atoms with Crippen molar-refractivity contribution in [3.05, 3.63) is 16.6 Å². The molecule has 0 unspecified atom stereocenters. The predicted molar refractivity (Wildman–Crippen MR) is 99.9 cm³/mol. The Labute approximate surface area is 152 Å². The lowest BCUT2D eigenvalue weighted by atomic mass is 10.2. The van der Waals surface area contributed by atoms with Gasteiger partial charge in [-0.05, 0) is 31.7 Å². The van der Waals surface area contributed by atoms with Gasteiger partial charge in [-0.3, -0.25) is 9.48 Å². The van der Waals surface area contributed by atoms with Crippen LogP contribution in [0.4, 0.5) is 0 Å². The van der Waals surface area contributed by atoms with Gasteiger partial charge >= 0.3 is 5.97 Å².